The normalized spacial score (nSPS) is 12.5. The van der Waals surface area contributed by atoms with E-state index in [0.717, 1.165) is 5.75 Å². The molecule has 19 heavy (non-hydrogen) atoms. The predicted octanol–water partition coefficient (Wildman–Crippen LogP) is 2.65. The van der Waals surface area contributed by atoms with Crippen LogP contribution >= 0.6 is 11.8 Å². The van der Waals surface area contributed by atoms with E-state index in [1.807, 2.05) is 30.5 Å². The summed E-state index contributed by atoms with van der Waals surface area (Å²) in [5.74, 6) is 1.22. The number of hydrogen-bond donors (Lipinski definition) is 2. The van der Waals surface area contributed by atoms with E-state index in [1.165, 1.54) is 5.56 Å². The maximum absolute atomic E-state index is 12.1. The predicted molar refractivity (Wildman–Crippen MR) is 81.9 cm³/mol. The summed E-state index contributed by atoms with van der Waals surface area (Å²) >= 11 is 1.67. The number of rotatable bonds is 7. The van der Waals surface area contributed by atoms with E-state index in [2.05, 4.69) is 19.2 Å². The first-order chi connectivity index (χ1) is 9.08. The number of nitrogens with one attached hydrogen (secondary N) is 1. The fraction of sp³-hybridized carbons (Fsp3) is 0.533. The molecular formula is C15H23NO2S. The number of aliphatic hydroxyl groups excluding tert-OH is 1. The summed E-state index contributed by atoms with van der Waals surface area (Å²) in [6, 6.07) is 7.74. The molecule has 106 valence electrons. The average Bonchev–Trinajstić information content (AvgIpc) is 2.39. The van der Waals surface area contributed by atoms with Gasteiger partial charge in [-0.05, 0) is 36.3 Å². The highest BCUT2D eigenvalue weighted by molar-refractivity contribution is 7.98. The summed E-state index contributed by atoms with van der Waals surface area (Å²) in [6.07, 6.45) is 2.59. The number of aliphatic hydroxyl groups is 1. The van der Waals surface area contributed by atoms with Crippen molar-refractivity contribution in [3.05, 3.63) is 35.4 Å². The molecule has 0 heterocycles. The van der Waals surface area contributed by atoms with Crippen LogP contribution < -0.4 is 5.32 Å². The molecule has 3 nitrogen and oxygen atoms in total. The van der Waals surface area contributed by atoms with E-state index >= 15 is 0 Å². The van der Waals surface area contributed by atoms with Gasteiger partial charge in [-0.25, -0.2) is 0 Å². The molecule has 0 saturated carbocycles. The number of carbonyl (C=O) groups is 1. The van der Waals surface area contributed by atoms with E-state index in [0.29, 0.717) is 17.9 Å². The van der Waals surface area contributed by atoms with E-state index in [1.54, 1.807) is 11.8 Å². The van der Waals surface area contributed by atoms with Crippen molar-refractivity contribution in [2.75, 3.05) is 18.6 Å². The van der Waals surface area contributed by atoms with Gasteiger partial charge in [-0.1, -0.05) is 26.0 Å². The van der Waals surface area contributed by atoms with Gasteiger partial charge in [0, 0.05) is 24.0 Å². The van der Waals surface area contributed by atoms with Gasteiger partial charge in [0.15, 0.2) is 0 Å². The molecule has 1 aromatic carbocycles. The third-order valence-electron chi connectivity index (χ3n) is 3.02. The first-order valence-electron chi connectivity index (χ1n) is 6.59. The Bertz CT molecular complexity index is 384. The van der Waals surface area contributed by atoms with Gasteiger partial charge in [0.25, 0.3) is 5.91 Å². The van der Waals surface area contributed by atoms with Crippen LogP contribution in [0.3, 0.4) is 0 Å². The Balaban J connectivity index is 2.65. The molecule has 0 fully saturated rings. The summed E-state index contributed by atoms with van der Waals surface area (Å²) in [6.45, 7) is 4.35. The number of thioether (sulfide) groups is 1. The van der Waals surface area contributed by atoms with Crippen molar-refractivity contribution in [2.24, 2.45) is 0 Å². The van der Waals surface area contributed by atoms with Gasteiger partial charge in [-0.3, -0.25) is 4.79 Å². The molecule has 0 aromatic heterocycles. The highest BCUT2D eigenvalue weighted by Crippen LogP contribution is 2.15. The quantitative estimate of drug-likeness (QED) is 0.808. The maximum Gasteiger partial charge on any atom is 0.251 e. The molecule has 1 amide bonds. The number of benzene rings is 1. The van der Waals surface area contributed by atoms with E-state index in [4.69, 9.17) is 5.11 Å². The average molecular weight is 281 g/mol. The highest BCUT2D eigenvalue weighted by Gasteiger charge is 2.13. The molecule has 4 heteroatoms. The lowest BCUT2D eigenvalue weighted by Gasteiger charge is -2.17. The fourth-order valence-electron chi connectivity index (χ4n) is 1.84. The second-order valence-corrected chi connectivity index (χ2v) is 5.83. The van der Waals surface area contributed by atoms with Crippen LogP contribution in [0.4, 0.5) is 0 Å². The Hall–Kier alpha value is -1.00. The van der Waals surface area contributed by atoms with Crippen molar-refractivity contribution >= 4 is 17.7 Å². The zero-order valence-electron chi connectivity index (χ0n) is 11.8. The second-order valence-electron chi connectivity index (χ2n) is 4.91. The molecule has 0 bridgehead atoms. The lowest BCUT2D eigenvalue weighted by Crippen LogP contribution is -2.37. The van der Waals surface area contributed by atoms with Crippen LogP contribution in [-0.4, -0.2) is 35.7 Å². The van der Waals surface area contributed by atoms with Crippen molar-refractivity contribution in [1.82, 2.24) is 5.32 Å². The van der Waals surface area contributed by atoms with Crippen LogP contribution in [0.2, 0.25) is 0 Å². The van der Waals surface area contributed by atoms with Gasteiger partial charge in [-0.15, -0.1) is 0 Å². The van der Waals surface area contributed by atoms with Crippen LogP contribution in [0, 0.1) is 0 Å². The third kappa shape index (κ3) is 5.25. The number of amides is 1. The van der Waals surface area contributed by atoms with Crippen LogP contribution in [0.25, 0.3) is 0 Å². The van der Waals surface area contributed by atoms with Gasteiger partial charge in [0.2, 0.25) is 0 Å². The van der Waals surface area contributed by atoms with E-state index in [-0.39, 0.29) is 18.6 Å². The topological polar surface area (TPSA) is 49.3 Å². The van der Waals surface area contributed by atoms with Crippen LogP contribution in [0.15, 0.2) is 24.3 Å². The first-order valence-corrected chi connectivity index (χ1v) is 7.98. The van der Waals surface area contributed by atoms with Crippen LogP contribution in [0.1, 0.15) is 42.1 Å². The van der Waals surface area contributed by atoms with Gasteiger partial charge in [0.05, 0.1) is 0 Å². The zero-order valence-corrected chi connectivity index (χ0v) is 12.7. The minimum absolute atomic E-state index is 0.0253. The molecule has 0 aliphatic carbocycles. The monoisotopic (exact) mass is 281 g/mol. The van der Waals surface area contributed by atoms with E-state index < -0.39 is 0 Å². The molecule has 1 rings (SSSR count). The van der Waals surface area contributed by atoms with Crippen molar-refractivity contribution in [2.45, 2.75) is 32.2 Å². The molecule has 2 N–H and O–H groups in total. The molecular weight excluding hydrogens is 258 g/mol. The Labute approximate surface area is 119 Å². The number of hydrogen-bond acceptors (Lipinski definition) is 3. The summed E-state index contributed by atoms with van der Waals surface area (Å²) in [5, 5.41) is 11.9. The van der Waals surface area contributed by atoms with Gasteiger partial charge in [0.1, 0.15) is 0 Å². The summed E-state index contributed by atoms with van der Waals surface area (Å²) in [7, 11) is 0. The lowest BCUT2D eigenvalue weighted by atomic mass is 10.0. The lowest BCUT2D eigenvalue weighted by molar-refractivity contribution is 0.0935. The Morgan fingerprint density at radius 2 is 1.95 bits per heavy atom. The Morgan fingerprint density at radius 3 is 2.42 bits per heavy atom. The first kappa shape index (κ1) is 16.1. The standard InChI is InChI=1S/C15H23NO2S/c1-11(2)12-4-6-13(7-5-12)15(18)16-14(8-9-17)10-19-3/h4-7,11,14,17H,8-10H2,1-3H3,(H,16,18). The zero-order chi connectivity index (χ0) is 14.3. The fourth-order valence-corrected chi connectivity index (χ4v) is 2.49. The van der Waals surface area contributed by atoms with Crippen molar-refractivity contribution in [3.63, 3.8) is 0 Å². The van der Waals surface area contributed by atoms with Crippen LogP contribution in [0.5, 0.6) is 0 Å². The molecule has 0 aliphatic heterocycles. The van der Waals surface area contributed by atoms with Crippen molar-refractivity contribution < 1.29 is 9.90 Å². The van der Waals surface area contributed by atoms with Gasteiger partial charge < -0.3 is 10.4 Å². The minimum Gasteiger partial charge on any atom is -0.396 e. The van der Waals surface area contributed by atoms with Crippen molar-refractivity contribution in [3.8, 4) is 0 Å². The molecule has 0 radical (unpaired) electrons. The smallest absolute Gasteiger partial charge is 0.251 e. The second kappa shape index (κ2) is 8.23. The number of carbonyl (C=O) groups excluding carboxylic acids is 1. The summed E-state index contributed by atoms with van der Waals surface area (Å²) in [5.41, 5.74) is 1.90. The highest BCUT2D eigenvalue weighted by atomic mass is 32.2. The van der Waals surface area contributed by atoms with E-state index in [9.17, 15) is 4.79 Å². The summed E-state index contributed by atoms with van der Waals surface area (Å²) < 4.78 is 0. The van der Waals surface area contributed by atoms with Gasteiger partial charge in [-0.2, -0.15) is 11.8 Å². The molecule has 0 aliphatic rings. The van der Waals surface area contributed by atoms with Crippen molar-refractivity contribution in [1.29, 1.82) is 0 Å². The molecule has 1 atom stereocenters. The van der Waals surface area contributed by atoms with Crippen LogP contribution in [-0.2, 0) is 0 Å². The minimum atomic E-state index is -0.0668. The third-order valence-corrected chi connectivity index (χ3v) is 3.76. The summed E-state index contributed by atoms with van der Waals surface area (Å²) in [4.78, 5) is 12.1. The SMILES string of the molecule is CSCC(CCO)NC(=O)c1ccc(C(C)C)cc1. The molecule has 0 saturated heterocycles. The largest absolute Gasteiger partial charge is 0.396 e. The Morgan fingerprint density at radius 1 is 1.32 bits per heavy atom. The molecule has 1 aromatic rings. The Kier molecular flexibility index (Phi) is 6.95. The van der Waals surface area contributed by atoms with Gasteiger partial charge >= 0.3 is 0 Å². The molecule has 0 spiro atoms. The molecule has 1 unspecified atom stereocenters. The maximum atomic E-state index is 12.1.